The minimum Gasteiger partial charge on any atom is -0.478 e. The fraction of sp³-hybridized carbons (Fsp3) is 0.200. The van der Waals surface area contributed by atoms with E-state index in [0.29, 0.717) is 11.1 Å². The highest BCUT2D eigenvalue weighted by molar-refractivity contribution is 7.16. The van der Waals surface area contributed by atoms with Gasteiger partial charge in [0.25, 0.3) is 0 Å². The molecular formula is C10H9NO2S. The standard InChI is InChI=1S/C10H9NO2S/c1-5-3-7-9(11-4-14-7)8(6(5)2)10(12)13/h3-4H,1-2H3,(H,12,13). The van der Waals surface area contributed by atoms with E-state index in [-0.39, 0.29) is 0 Å². The number of carboxylic acids is 1. The molecule has 0 aliphatic rings. The summed E-state index contributed by atoms with van der Waals surface area (Å²) in [5.41, 5.74) is 4.41. The highest BCUT2D eigenvalue weighted by atomic mass is 32.1. The van der Waals surface area contributed by atoms with Gasteiger partial charge in [0.05, 0.1) is 21.3 Å². The third-order valence-corrected chi connectivity index (χ3v) is 3.14. The lowest BCUT2D eigenvalue weighted by atomic mass is 10.0. The van der Waals surface area contributed by atoms with Crippen LogP contribution >= 0.6 is 11.3 Å². The highest BCUT2D eigenvalue weighted by Gasteiger charge is 2.15. The lowest BCUT2D eigenvalue weighted by molar-refractivity contribution is 0.0698. The van der Waals surface area contributed by atoms with Gasteiger partial charge in [-0.1, -0.05) is 0 Å². The molecule has 2 aromatic rings. The van der Waals surface area contributed by atoms with Gasteiger partial charge in [0.15, 0.2) is 0 Å². The first-order chi connectivity index (χ1) is 6.61. The number of carboxylic acid groups (broad SMARTS) is 1. The third-order valence-electron chi connectivity index (χ3n) is 2.36. The summed E-state index contributed by atoms with van der Waals surface area (Å²) in [6, 6.07) is 1.98. The number of nitrogens with zero attached hydrogens (tertiary/aromatic N) is 1. The first-order valence-electron chi connectivity index (χ1n) is 4.18. The van der Waals surface area contributed by atoms with E-state index in [1.807, 2.05) is 19.9 Å². The normalized spacial score (nSPS) is 10.7. The SMILES string of the molecule is Cc1cc2scnc2c(C(=O)O)c1C. The molecule has 1 N–H and O–H groups in total. The summed E-state index contributed by atoms with van der Waals surface area (Å²) in [6.45, 7) is 3.73. The van der Waals surface area contributed by atoms with Crippen LogP contribution in [-0.2, 0) is 0 Å². The van der Waals surface area contributed by atoms with Gasteiger partial charge in [-0.2, -0.15) is 0 Å². The molecule has 0 aliphatic carbocycles. The van der Waals surface area contributed by atoms with Gasteiger partial charge in [0.1, 0.15) is 0 Å². The molecule has 72 valence electrons. The molecule has 0 spiro atoms. The molecule has 1 aromatic carbocycles. The van der Waals surface area contributed by atoms with Crippen LogP contribution in [0.4, 0.5) is 0 Å². The fourth-order valence-electron chi connectivity index (χ4n) is 1.49. The Bertz CT molecular complexity index is 516. The van der Waals surface area contributed by atoms with Crippen LogP contribution in [0.1, 0.15) is 21.5 Å². The van der Waals surface area contributed by atoms with Crippen molar-refractivity contribution in [2.75, 3.05) is 0 Å². The minimum atomic E-state index is -0.901. The summed E-state index contributed by atoms with van der Waals surface area (Å²) < 4.78 is 0.936. The molecular weight excluding hydrogens is 198 g/mol. The van der Waals surface area contributed by atoms with E-state index in [9.17, 15) is 4.79 Å². The van der Waals surface area contributed by atoms with Crippen LogP contribution in [0.5, 0.6) is 0 Å². The molecule has 1 aromatic heterocycles. The minimum absolute atomic E-state index is 0.334. The maximum absolute atomic E-state index is 11.1. The largest absolute Gasteiger partial charge is 0.478 e. The number of benzene rings is 1. The van der Waals surface area contributed by atoms with Gasteiger partial charge < -0.3 is 5.11 Å². The van der Waals surface area contributed by atoms with Crippen LogP contribution in [0.2, 0.25) is 0 Å². The van der Waals surface area contributed by atoms with Crippen molar-refractivity contribution in [3.63, 3.8) is 0 Å². The number of hydrogen-bond donors (Lipinski definition) is 1. The van der Waals surface area contributed by atoms with Gasteiger partial charge >= 0.3 is 5.97 Å². The lowest BCUT2D eigenvalue weighted by Crippen LogP contribution is -2.02. The second-order valence-corrected chi connectivity index (χ2v) is 4.08. The van der Waals surface area contributed by atoms with Crippen LogP contribution in [-0.4, -0.2) is 16.1 Å². The molecule has 0 saturated carbocycles. The van der Waals surface area contributed by atoms with Crippen molar-refractivity contribution in [3.05, 3.63) is 28.3 Å². The predicted molar refractivity (Wildman–Crippen MR) is 56.1 cm³/mol. The number of carbonyl (C=O) groups is 1. The first kappa shape index (κ1) is 9.15. The predicted octanol–water partition coefficient (Wildman–Crippen LogP) is 2.61. The summed E-state index contributed by atoms with van der Waals surface area (Å²) in [6.07, 6.45) is 0. The molecule has 0 unspecified atom stereocenters. The zero-order valence-electron chi connectivity index (χ0n) is 7.87. The van der Waals surface area contributed by atoms with Crippen molar-refractivity contribution in [1.82, 2.24) is 4.98 Å². The zero-order valence-corrected chi connectivity index (χ0v) is 8.68. The number of aromatic carboxylic acids is 1. The van der Waals surface area contributed by atoms with Gasteiger partial charge in [0, 0.05) is 0 Å². The monoisotopic (exact) mass is 207 g/mol. The van der Waals surface area contributed by atoms with Crippen molar-refractivity contribution in [3.8, 4) is 0 Å². The average Bonchev–Trinajstić information content (AvgIpc) is 2.52. The van der Waals surface area contributed by atoms with Crippen molar-refractivity contribution in [2.24, 2.45) is 0 Å². The van der Waals surface area contributed by atoms with Crippen molar-refractivity contribution >= 4 is 27.5 Å². The molecule has 4 heteroatoms. The van der Waals surface area contributed by atoms with Gasteiger partial charge in [-0.15, -0.1) is 11.3 Å². The molecule has 0 bridgehead atoms. The summed E-state index contributed by atoms with van der Waals surface area (Å²) in [5, 5.41) is 9.07. The van der Waals surface area contributed by atoms with Crippen molar-refractivity contribution < 1.29 is 9.90 Å². The molecule has 0 fully saturated rings. The second kappa shape index (κ2) is 3.06. The number of thiazole rings is 1. The Hall–Kier alpha value is -1.42. The second-order valence-electron chi connectivity index (χ2n) is 3.20. The smallest absolute Gasteiger partial charge is 0.338 e. The molecule has 3 nitrogen and oxygen atoms in total. The molecule has 0 atom stereocenters. The Kier molecular flexibility index (Phi) is 2.00. The van der Waals surface area contributed by atoms with Crippen LogP contribution < -0.4 is 0 Å². The zero-order chi connectivity index (χ0) is 10.3. The Morgan fingerprint density at radius 3 is 2.86 bits per heavy atom. The first-order valence-corrected chi connectivity index (χ1v) is 5.06. The van der Waals surface area contributed by atoms with E-state index in [4.69, 9.17) is 5.11 Å². The fourth-order valence-corrected chi connectivity index (χ4v) is 2.27. The van der Waals surface area contributed by atoms with E-state index in [2.05, 4.69) is 4.98 Å². The maximum Gasteiger partial charge on any atom is 0.338 e. The Morgan fingerprint density at radius 1 is 1.50 bits per heavy atom. The highest BCUT2D eigenvalue weighted by Crippen LogP contribution is 2.26. The van der Waals surface area contributed by atoms with E-state index in [1.165, 1.54) is 11.3 Å². The van der Waals surface area contributed by atoms with Crippen LogP contribution in [0, 0.1) is 13.8 Å². The van der Waals surface area contributed by atoms with Crippen LogP contribution in [0.15, 0.2) is 11.6 Å². The Balaban J connectivity index is 2.93. The summed E-state index contributed by atoms with van der Waals surface area (Å²) in [4.78, 5) is 15.1. The van der Waals surface area contributed by atoms with E-state index < -0.39 is 5.97 Å². The summed E-state index contributed by atoms with van der Waals surface area (Å²) in [5.74, 6) is -0.901. The topological polar surface area (TPSA) is 50.2 Å². The number of fused-ring (bicyclic) bond motifs is 1. The van der Waals surface area contributed by atoms with Gasteiger partial charge in [0.2, 0.25) is 0 Å². The van der Waals surface area contributed by atoms with Crippen molar-refractivity contribution in [1.29, 1.82) is 0 Å². The Morgan fingerprint density at radius 2 is 2.21 bits per heavy atom. The number of aromatic nitrogens is 1. The number of hydrogen-bond acceptors (Lipinski definition) is 3. The van der Waals surface area contributed by atoms with E-state index in [0.717, 1.165) is 15.8 Å². The van der Waals surface area contributed by atoms with E-state index in [1.54, 1.807) is 5.51 Å². The quantitative estimate of drug-likeness (QED) is 0.782. The van der Waals surface area contributed by atoms with Gasteiger partial charge in [-0.05, 0) is 31.0 Å². The summed E-state index contributed by atoms with van der Waals surface area (Å²) >= 11 is 1.47. The third kappa shape index (κ3) is 1.19. The average molecular weight is 207 g/mol. The van der Waals surface area contributed by atoms with Crippen molar-refractivity contribution in [2.45, 2.75) is 13.8 Å². The maximum atomic E-state index is 11.1. The molecule has 1 heterocycles. The molecule has 0 radical (unpaired) electrons. The number of rotatable bonds is 1. The lowest BCUT2D eigenvalue weighted by Gasteiger charge is -2.04. The van der Waals surface area contributed by atoms with Crippen LogP contribution in [0.25, 0.3) is 10.2 Å². The summed E-state index contributed by atoms with van der Waals surface area (Å²) in [7, 11) is 0. The van der Waals surface area contributed by atoms with Crippen LogP contribution in [0.3, 0.4) is 0 Å². The Labute approximate surface area is 85.0 Å². The molecule has 0 aliphatic heterocycles. The van der Waals surface area contributed by atoms with E-state index >= 15 is 0 Å². The molecule has 0 amide bonds. The molecule has 2 rings (SSSR count). The number of aryl methyl sites for hydroxylation is 1. The molecule has 0 saturated heterocycles. The van der Waals surface area contributed by atoms with Gasteiger partial charge in [-0.25, -0.2) is 9.78 Å². The van der Waals surface area contributed by atoms with Gasteiger partial charge in [-0.3, -0.25) is 0 Å². The molecule has 14 heavy (non-hydrogen) atoms.